The molecule has 0 aromatic heterocycles. The van der Waals surface area contributed by atoms with E-state index in [1.165, 1.54) is 13.0 Å². The van der Waals surface area contributed by atoms with E-state index in [-0.39, 0.29) is 29.8 Å². The van der Waals surface area contributed by atoms with Gasteiger partial charge < -0.3 is 15.5 Å². The minimum atomic E-state index is -0.818. The first-order chi connectivity index (χ1) is 12.4. The summed E-state index contributed by atoms with van der Waals surface area (Å²) < 4.78 is 27.4. The third-order valence-electron chi connectivity index (χ3n) is 4.63. The number of halogens is 2. The maximum Gasteiger partial charge on any atom is 0.225 e. The number of rotatable bonds is 7. The second-order valence-corrected chi connectivity index (χ2v) is 6.69. The van der Waals surface area contributed by atoms with E-state index in [4.69, 9.17) is 0 Å². The third-order valence-corrected chi connectivity index (χ3v) is 4.63. The number of amides is 2. The predicted octanol–water partition coefficient (Wildman–Crippen LogP) is 2.52. The summed E-state index contributed by atoms with van der Waals surface area (Å²) >= 11 is 0. The van der Waals surface area contributed by atoms with Crippen LogP contribution in [0.4, 0.5) is 8.78 Å². The van der Waals surface area contributed by atoms with Gasteiger partial charge in [0.05, 0.1) is 12.5 Å². The maximum atomic E-state index is 14.2. The zero-order chi connectivity index (χ0) is 19.1. The highest BCUT2D eigenvalue weighted by Crippen LogP contribution is 2.24. The van der Waals surface area contributed by atoms with Crippen LogP contribution in [0.3, 0.4) is 0 Å². The molecular weight excluding hydrogens is 340 g/mol. The lowest BCUT2D eigenvalue weighted by Gasteiger charge is -2.35. The Balaban J connectivity index is 2.19. The van der Waals surface area contributed by atoms with Gasteiger partial charge in [0, 0.05) is 31.1 Å². The zero-order valence-corrected chi connectivity index (χ0v) is 15.4. The Morgan fingerprint density at radius 2 is 2.00 bits per heavy atom. The summed E-state index contributed by atoms with van der Waals surface area (Å²) in [6, 6.07) is 2.52. The van der Waals surface area contributed by atoms with Crippen molar-refractivity contribution < 1.29 is 18.4 Å². The molecule has 1 unspecified atom stereocenters. The topological polar surface area (TPSA) is 61.4 Å². The van der Waals surface area contributed by atoms with Crippen LogP contribution in [-0.4, -0.2) is 42.4 Å². The molecule has 0 bridgehead atoms. The van der Waals surface area contributed by atoms with Crippen LogP contribution in [0.15, 0.2) is 18.2 Å². The van der Waals surface area contributed by atoms with Crippen molar-refractivity contribution in [3.05, 3.63) is 35.4 Å². The van der Waals surface area contributed by atoms with Gasteiger partial charge in [0.15, 0.2) is 0 Å². The molecule has 0 spiro atoms. The van der Waals surface area contributed by atoms with Crippen LogP contribution in [-0.2, 0) is 9.59 Å². The number of carbonyl (C=O) groups is 2. The molecule has 2 amide bonds. The fourth-order valence-electron chi connectivity index (χ4n) is 3.43. The van der Waals surface area contributed by atoms with Crippen LogP contribution in [0, 0.1) is 11.6 Å². The molecule has 0 radical (unpaired) electrons. The van der Waals surface area contributed by atoms with E-state index in [0.29, 0.717) is 6.54 Å². The predicted molar refractivity (Wildman–Crippen MR) is 95.4 cm³/mol. The number of piperidine rings is 1. The summed E-state index contributed by atoms with van der Waals surface area (Å²) in [4.78, 5) is 26.3. The van der Waals surface area contributed by atoms with Gasteiger partial charge in [-0.1, -0.05) is 13.0 Å². The Kier molecular flexibility index (Phi) is 7.50. The van der Waals surface area contributed by atoms with Crippen LogP contribution >= 0.6 is 0 Å². The minimum absolute atomic E-state index is 0.0495. The number of benzene rings is 1. The third kappa shape index (κ3) is 5.49. The fraction of sp³-hybridized carbons (Fsp3) is 0.579. The molecule has 1 saturated heterocycles. The standard InChI is InChI=1S/C19H27F2N3O2/c1-3-10-24(15-6-8-22-9-7-15)19(26)12-18(23-13(2)25)16-5-4-14(20)11-17(16)21/h4-5,11,15,18,22H,3,6-10,12H2,1-2H3,(H,23,25). The molecule has 2 N–H and O–H groups in total. The molecular formula is C19H27F2N3O2. The van der Waals surface area contributed by atoms with E-state index in [2.05, 4.69) is 10.6 Å². The molecule has 1 heterocycles. The summed E-state index contributed by atoms with van der Waals surface area (Å²) in [5.74, 6) is -1.95. The summed E-state index contributed by atoms with van der Waals surface area (Å²) in [5, 5.41) is 5.90. The van der Waals surface area contributed by atoms with Crippen LogP contribution in [0.5, 0.6) is 0 Å². The molecule has 144 valence electrons. The summed E-state index contributed by atoms with van der Waals surface area (Å²) in [6.07, 6.45) is 2.53. The summed E-state index contributed by atoms with van der Waals surface area (Å²) in [7, 11) is 0. The van der Waals surface area contributed by atoms with Gasteiger partial charge in [-0.2, -0.15) is 0 Å². The van der Waals surface area contributed by atoms with Crippen LogP contribution in [0.2, 0.25) is 0 Å². The average molecular weight is 367 g/mol. The Hall–Kier alpha value is -2.02. The minimum Gasteiger partial charge on any atom is -0.349 e. The van der Waals surface area contributed by atoms with Crippen LogP contribution in [0.25, 0.3) is 0 Å². The second kappa shape index (κ2) is 9.62. The largest absolute Gasteiger partial charge is 0.349 e. The van der Waals surface area contributed by atoms with E-state index >= 15 is 0 Å². The zero-order valence-electron chi connectivity index (χ0n) is 15.4. The van der Waals surface area contributed by atoms with Crippen molar-refractivity contribution in [2.45, 2.75) is 51.6 Å². The van der Waals surface area contributed by atoms with E-state index < -0.39 is 17.7 Å². The molecule has 0 saturated carbocycles. The number of nitrogens with one attached hydrogen (secondary N) is 2. The van der Waals surface area contributed by atoms with Gasteiger partial charge in [0.25, 0.3) is 0 Å². The summed E-state index contributed by atoms with van der Waals surface area (Å²) in [6.45, 7) is 5.67. The van der Waals surface area contributed by atoms with Crippen molar-refractivity contribution in [2.24, 2.45) is 0 Å². The van der Waals surface area contributed by atoms with Crippen LogP contribution in [0.1, 0.15) is 51.1 Å². The quantitative estimate of drug-likeness (QED) is 0.779. The van der Waals surface area contributed by atoms with Gasteiger partial charge in [0.1, 0.15) is 11.6 Å². The number of carbonyl (C=O) groups excluding carboxylic acids is 2. The van der Waals surface area contributed by atoms with Crippen molar-refractivity contribution in [3.63, 3.8) is 0 Å². The lowest BCUT2D eigenvalue weighted by molar-refractivity contribution is -0.135. The Morgan fingerprint density at radius 1 is 1.31 bits per heavy atom. The van der Waals surface area contributed by atoms with E-state index in [1.54, 1.807) is 0 Å². The first-order valence-corrected chi connectivity index (χ1v) is 9.14. The average Bonchev–Trinajstić information content (AvgIpc) is 2.59. The highest BCUT2D eigenvalue weighted by Gasteiger charge is 2.28. The Bertz CT molecular complexity index is 633. The van der Waals surface area contributed by atoms with Gasteiger partial charge in [-0.3, -0.25) is 9.59 Å². The lowest BCUT2D eigenvalue weighted by Crippen LogP contribution is -2.47. The van der Waals surface area contributed by atoms with Crippen molar-refractivity contribution in [1.82, 2.24) is 15.5 Å². The molecule has 26 heavy (non-hydrogen) atoms. The van der Waals surface area contributed by atoms with Crippen LogP contribution < -0.4 is 10.6 Å². The van der Waals surface area contributed by atoms with Crippen molar-refractivity contribution in [1.29, 1.82) is 0 Å². The van der Waals surface area contributed by atoms with Gasteiger partial charge in [-0.25, -0.2) is 8.78 Å². The van der Waals surface area contributed by atoms with Crippen molar-refractivity contribution in [2.75, 3.05) is 19.6 Å². The fourth-order valence-corrected chi connectivity index (χ4v) is 3.43. The lowest BCUT2D eigenvalue weighted by atomic mass is 9.99. The first kappa shape index (κ1) is 20.3. The van der Waals surface area contributed by atoms with Crippen molar-refractivity contribution in [3.8, 4) is 0 Å². The molecule has 1 aliphatic rings. The van der Waals surface area contributed by atoms with Gasteiger partial charge in [-0.15, -0.1) is 0 Å². The number of hydrogen-bond donors (Lipinski definition) is 2. The highest BCUT2D eigenvalue weighted by atomic mass is 19.1. The Labute approximate surface area is 153 Å². The molecule has 1 fully saturated rings. The SMILES string of the molecule is CCCN(C(=O)CC(NC(C)=O)c1ccc(F)cc1F)C1CCNCC1. The van der Waals surface area contributed by atoms with E-state index in [0.717, 1.165) is 44.5 Å². The van der Waals surface area contributed by atoms with E-state index in [9.17, 15) is 18.4 Å². The van der Waals surface area contributed by atoms with E-state index in [1.807, 2.05) is 11.8 Å². The smallest absolute Gasteiger partial charge is 0.225 e. The first-order valence-electron chi connectivity index (χ1n) is 9.14. The van der Waals surface area contributed by atoms with Gasteiger partial charge >= 0.3 is 0 Å². The second-order valence-electron chi connectivity index (χ2n) is 6.69. The molecule has 1 aromatic rings. The maximum absolute atomic E-state index is 14.2. The normalized spacial score (nSPS) is 16.2. The molecule has 7 heteroatoms. The molecule has 5 nitrogen and oxygen atoms in total. The molecule has 0 aliphatic carbocycles. The monoisotopic (exact) mass is 367 g/mol. The molecule has 1 aliphatic heterocycles. The van der Waals surface area contributed by atoms with Gasteiger partial charge in [0.2, 0.25) is 11.8 Å². The number of nitrogens with zero attached hydrogens (tertiary/aromatic N) is 1. The molecule has 2 rings (SSSR count). The number of hydrogen-bond acceptors (Lipinski definition) is 3. The summed E-state index contributed by atoms with van der Waals surface area (Å²) in [5.41, 5.74) is 0.122. The van der Waals surface area contributed by atoms with Crippen molar-refractivity contribution >= 4 is 11.8 Å². The molecule has 1 aromatic carbocycles. The molecule has 1 atom stereocenters. The highest BCUT2D eigenvalue weighted by molar-refractivity contribution is 5.79. The Morgan fingerprint density at radius 3 is 2.58 bits per heavy atom. The van der Waals surface area contributed by atoms with Gasteiger partial charge in [-0.05, 0) is 38.4 Å².